The van der Waals surface area contributed by atoms with Gasteiger partial charge in [0.1, 0.15) is 0 Å². The van der Waals surface area contributed by atoms with Gasteiger partial charge >= 0.3 is 0 Å². The lowest BCUT2D eigenvalue weighted by Crippen LogP contribution is -2.39. The molecule has 60 valence electrons. The molecule has 2 nitrogen and oxygen atoms in total. The summed E-state index contributed by atoms with van der Waals surface area (Å²) in [5.41, 5.74) is 3.23. The molecular weight excluding hydrogens is 126 g/mol. The zero-order valence-electron chi connectivity index (χ0n) is 7.11. The second-order valence-electron chi connectivity index (χ2n) is 4.01. The molecule has 0 spiro atoms. The summed E-state index contributed by atoms with van der Waals surface area (Å²) in [6.07, 6.45) is 2.82. The van der Waals surface area contributed by atoms with E-state index in [-0.39, 0.29) is 5.41 Å². The molecule has 10 heavy (non-hydrogen) atoms. The first-order chi connectivity index (χ1) is 4.61. The molecule has 1 N–H and O–H groups in total. The second kappa shape index (κ2) is 2.89. The number of hydrogen-bond acceptors (Lipinski definition) is 2. The van der Waals surface area contributed by atoms with Crippen LogP contribution in [0.5, 0.6) is 0 Å². The Bertz CT molecular complexity index is 100. The number of rotatable bonds is 0. The Hall–Kier alpha value is -0.0800. The Morgan fingerprint density at radius 2 is 2.10 bits per heavy atom. The summed E-state index contributed by atoms with van der Waals surface area (Å²) in [5.74, 6) is 0. The molecule has 1 aliphatic heterocycles. The van der Waals surface area contributed by atoms with Gasteiger partial charge in [-0.25, -0.2) is 5.48 Å². The SMILES string of the molecule is CC(C)(C)C1CCCNO1. The molecule has 1 unspecified atom stereocenters. The van der Waals surface area contributed by atoms with Crippen molar-refractivity contribution in [2.24, 2.45) is 5.41 Å². The van der Waals surface area contributed by atoms with E-state index in [1.54, 1.807) is 0 Å². The van der Waals surface area contributed by atoms with Crippen LogP contribution in [0.2, 0.25) is 0 Å². The van der Waals surface area contributed by atoms with Crippen LogP contribution in [-0.2, 0) is 4.84 Å². The average molecular weight is 143 g/mol. The van der Waals surface area contributed by atoms with Gasteiger partial charge < -0.3 is 0 Å². The van der Waals surface area contributed by atoms with Gasteiger partial charge in [0.2, 0.25) is 0 Å². The molecule has 0 aromatic rings. The van der Waals surface area contributed by atoms with E-state index < -0.39 is 0 Å². The van der Waals surface area contributed by atoms with Gasteiger partial charge in [-0.1, -0.05) is 20.8 Å². The lowest BCUT2D eigenvalue weighted by Gasteiger charge is -2.33. The van der Waals surface area contributed by atoms with Gasteiger partial charge in [0, 0.05) is 6.54 Å². The third-order valence-corrected chi connectivity index (χ3v) is 1.94. The summed E-state index contributed by atoms with van der Waals surface area (Å²) in [6, 6.07) is 0. The number of nitrogens with one attached hydrogen (secondary N) is 1. The van der Waals surface area contributed by atoms with E-state index in [1.807, 2.05) is 0 Å². The number of hydrogen-bond donors (Lipinski definition) is 1. The van der Waals surface area contributed by atoms with Crippen molar-refractivity contribution in [3.05, 3.63) is 0 Å². The Morgan fingerprint density at radius 3 is 2.40 bits per heavy atom. The van der Waals surface area contributed by atoms with Gasteiger partial charge in [-0.05, 0) is 18.3 Å². The zero-order chi connectivity index (χ0) is 7.61. The summed E-state index contributed by atoms with van der Waals surface area (Å²) in [4.78, 5) is 5.39. The predicted octanol–water partition coefficient (Wildman–Crippen LogP) is 1.72. The lowest BCUT2D eigenvalue weighted by atomic mass is 9.86. The fraction of sp³-hybridized carbons (Fsp3) is 1.00. The van der Waals surface area contributed by atoms with Crippen LogP contribution in [0.25, 0.3) is 0 Å². The molecule has 2 heteroatoms. The largest absolute Gasteiger partial charge is 0.298 e. The predicted molar refractivity (Wildman–Crippen MR) is 41.6 cm³/mol. The van der Waals surface area contributed by atoms with Crippen molar-refractivity contribution in [2.75, 3.05) is 6.54 Å². The topological polar surface area (TPSA) is 21.3 Å². The summed E-state index contributed by atoms with van der Waals surface area (Å²) in [5, 5.41) is 0. The van der Waals surface area contributed by atoms with Crippen molar-refractivity contribution in [3.63, 3.8) is 0 Å². The highest BCUT2D eigenvalue weighted by molar-refractivity contribution is 4.75. The molecule has 1 saturated heterocycles. The normalized spacial score (nSPS) is 28.5. The smallest absolute Gasteiger partial charge is 0.0838 e. The van der Waals surface area contributed by atoms with Crippen molar-refractivity contribution in [2.45, 2.75) is 39.7 Å². The molecule has 0 aromatic heterocycles. The first-order valence-electron chi connectivity index (χ1n) is 3.99. The van der Waals surface area contributed by atoms with Crippen LogP contribution in [0.15, 0.2) is 0 Å². The highest BCUT2D eigenvalue weighted by atomic mass is 16.7. The molecule has 0 amide bonds. The minimum Gasteiger partial charge on any atom is -0.298 e. The van der Waals surface area contributed by atoms with E-state index >= 15 is 0 Å². The molecular formula is C8H17NO. The Kier molecular flexibility index (Phi) is 2.32. The van der Waals surface area contributed by atoms with Crippen molar-refractivity contribution in [1.82, 2.24) is 5.48 Å². The van der Waals surface area contributed by atoms with E-state index in [0.717, 1.165) is 6.54 Å². The quantitative estimate of drug-likeness (QED) is 0.557. The molecule has 0 aliphatic carbocycles. The summed E-state index contributed by atoms with van der Waals surface area (Å²) < 4.78 is 0. The summed E-state index contributed by atoms with van der Waals surface area (Å²) >= 11 is 0. The maximum atomic E-state index is 5.39. The standard InChI is InChI=1S/C8H17NO/c1-8(2,3)7-5-4-6-9-10-7/h7,9H,4-6H2,1-3H3. The van der Waals surface area contributed by atoms with E-state index in [9.17, 15) is 0 Å². The minimum absolute atomic E-state index is 0.285. The fourth-order valence-electron chi connectivity index (χ4n) is 1.19. The first-order valence-corrected chi connectivity index (χ1v) is 3.99. The molecule has 0 saturated carbocycles. The maximum absolute atomic E-state index is 5.39. The molecule has 1 fully saturated rings. The fourth-order valence-corrected chi connectivity index (χ4v) is 1.19. The van der Waals surface area contributed by atoms with Crippen molar-refractivity contribution in [1.29, 1.82) is 0 Å². The van der Waals surface area contributed by atoms with Crippen LogP contribution in [0.4, 0.5) is 0 Å². The van der Waals surface area contributed by atoms with Gasteiger partial charge in [-0.15, -0.1) is 0 Å². The molecule has 1 rings (SSSR count). The van der Waals surface area contributed by atoms with Gasteiger partial charge in [-0.2, -0.15) is 0 Å². The molecule has 0 radical (unpaired) electrons. The van der Waals surface area contributed by atoms with E-state index in [1.165, 1.54) is 12.8 Å². The number of hydroxylamine groups is 1. The third kappa shape index (κ3) is 1.96. The maximum Gasteiger partial charge on any atom is 0.0838 e. The first kappa shape index (κ1) is 8.02. The van der Waals surface area contributed by atoms with Crippen LogP contribution in [0.1, 0.15) is 33.6 Å². The van der Waals surface area contributed by atoms with Crippen molar-refractivity contribution < 1.29 is 4.84 Å². The van der Waals surface area contributed by atoms with Crippen LogP contribution < -0.4 is 5.48 Å². The average Bonchev–Trinajstić information content (AvgIpc) is 1.88. The highest BCUT2D eigenvalue weighted by Crippen LogP contribution is 2.26. The van der Waals surface area contributed by atoms with Gasteiger partial charge in [0.15, 0.2) is 0 Å². The minimum atomic E-state index is 0.285. The van der Waals surface area contributed by atoms with Crippen LogP contribution in [-0.4, -0.2) is 12.6 Å². The van der Waals surface area contributed by atoms with Crippen LogP contribution in [0, 0.1) is 5.41 Å². The lowest BCUT2D eigenvalue weighted by molar-refractivity contribution is -0.104. The zero-order valence-corrected chi connectivity index (χ0v) is 7.11. The summed E-state index contributed by atoms with van der Waals surface area (Å²) in [7, 11) is 0. The molecule has 1 heterocycles. The van der Waals surface area contributed by atoms with Gasteiger partial charge in [-0.3, -0.25) is 4.84 Å². The Labute approximate surface area is 62.9 Å². The van der Waals surface area contributed by atoms with E-state index in [0.29, 0.717) is 6.10 Å². The van der Waals surface area contributed by atoms with Gasteiger partial charge in [0.25, 0.3) is 0 Å². The van der Waals surface area contributed by atoms with Crippen LogP contribution in [0.3, 0.4) is 0 Å². The Balaban J connectivity index is 2.39. The second-order valence-corrected chi connectivity index (χ2v) is 4.01. The van der Waals surface area contributed by atoms with E-state index in [4.69, 9.17) is 4.84 Å². The van der Waals surface area contributed by atoms with Gasteiger partial charge in [0.05, 0.1) is 6.10 Å². The highest BCUT2D eigenvalue weighted by Gasteiger charge is 2.27. The van der Waals surface area contributed by atoms with Crippen molar-refractivity contribution in [3.8, 4) is 0 Å². The van der Waals surface area contributed by atoms with E-state index in [2.05, 4.69) is 26.3 Å². The molecule has 1 aliphatic rings. The summed E-state index contributed by atoms with van der Waals surface area (Å²) in [6.45, 7) is 7.65. The third-order valence-electron chi connectivity index (χ3n) is 1.94. The van der Waals surface area contributed by atoms with Crippen molar-refractivity contribution >= 4 is 0 Å². The molecule has 0 aromatic carbocycles. The Morgan fingerprint density at radius 1 is 1.40 bits per heavy atom. The monoisotopic (exact) mass is 143 g/mol. The molecule has 1 atom stereocenters. The molecule has 0 bridgehead atoms. The van der Waals surface area contributed by atoms with Crippen LogP contribution >= 0.6 is 0 Å².